The second-order valence-corrected chi connectivity index (χ2v) is 7.34. The number of piperazine rings is 1. The van der Waals surface area contributed by atoms with Crippen molar-refractivity contribution in [1.29, 1.82) is 0 Å². The van der Waals surface area contributed by atoms with E-state index in [0.29, 0.717) is 13.1 Å². The fraction of sp³-hybridized carbons (Fsp3) is 0.571. The third-order valence-corrected chi connectivity index (χ3v) is 5.02. The second-order valence-electron chi connectivity index (χ2n) is 5.24. The Balaban J connectivity index is 1.76. The molecule has 2 heterocycles. The Labute approximate surface area is 131 Å². The van der Waals surface area contributed by atoms with Gasteiger partial charge in [0.1, 0.15) is 0 Å². The molecule has 0 bridgehead atoms. The van der Waals surface area contributed by atoms with Gasteiger partial charge in [-0.05, 0) is 18.6 Å². The van der Waals surface area contributed by atoms with Gasteiger partial charge < -0.3 is 4.90 Å². The standard InChI is InChI=1S/C14H22N4O3S/c1-2-22(20,21)16-11-14(19)18-8-6-17(7-9-18)12-13-4-3-5-15-10-13/h3-5,10,16H,2,6-9,11-12H2,1H3. The first-order valence-corrected chi connectivity index (χ1v) is 9.02. The molecule has 1 amide bonds. The molecule has 1 fully saturated rings. The van der Waals surface area contributed by atoms with Crippen LogP contribution < -0.4 is 4.72 Å². The van der Waals surface area contributed by atoms with Crippen LogP contribution in [0.5, 0.6) is 0 Å². The van der Waals surface area contributed by atoms with Gasteiger partial charge in [-0.1, -0.05) is 6.07 Å². The van der Waals surface area contributed by atoms with Crippen LogP contribution in [-0.2, 0) is 21.4 Å². The number of carbonyl (C=O) groups excluding carboxylic acids is 1. The average Bonchev–Trinajstić information content (AvgIpc) is 2.54. The van der Waals surface area contributed by atoms with Crippen LogP contribution in [-0.4, -0.2) is 67.6 Å². The Kier molecular flexibility index (Phi) is 5.87. The molecule has 0 spiro atoms. The monoisotopic (exact) mass is 326 g/mol. The molecule has 0 atom stereocenters. The van der Waals surface area contributed by atoms with Crippen molar-refractivity contribution in [3.63, 3.8) is 0 Å². The highest BCUT2D eigenvalue weighted by atomic mass is 32.2. The Morgan fingerprint density at radius 2 is 2.05 bits per heavy atom. The number of pyridine rings is 1. The van der Waals surface area contributed by atoms with Crippen LogP contribution in [0.25, 0.3) is 0 Å². The molecule has 1 aliphatic rings. The van der Waals surface area contributed by atoms with Crippen LogP contribution in [0.2, 0.25) is 0 Å². The van der Waals surface area contributed by atoms with Crippen LogP contribution in [0.15, 0.2) is 24.5 Å². The second kappa shape index (κ2) is 7.66. The first-order chi connectivity index (χ1) is 10.5. The van der Waals surface area contributed by atoms with Crippen LogP contribution >= 0.6 is 0 Å². The maximum atomic E-state index is 12.0. The number of aromatic nitrogens is 1. The van der Waals surface area contributed by atoms with Crippen molar-refractivity contribution >= 4 is 15.9 Å². The van der Waals surface area contributed by atoms with Gasteiger partial charge in [0.2, 0.25) is 15.9 Å². The lowest BCUT2D eigenvalue weighted by Gasteiger charge is -2.34. The Morgan fingerprint density at radius 1 is 1.32 bits per heavy atom. The molecule has 1 N–H and O–H groups in total. The molecule has 0 saturated carbocycles. The number of amides is 1. The van der Waals surface area contributed by atoms with Gasteiger partial charge in [-0.2, -0.15) is 0 Å². The molecular formula is C14H22N4O3S. The summed E-state index contributed by atoms with van der Waals surface area (Å²) in [5, 5.41) is 0. The van der Waals surface area contributed by atoms with E-state index in [4.69, 9.17) is 0 Å². The van der Waals surface area contributed by atoms with Crippen molar-refractivity contribution < 1.29 is 13.2 Å². The summed E-state index contributed by atoms with van der Waals surface area (Å²) in [4.78, 5) is 20.1. The zero-order chi connectivity index (χ0) is 16.0. The Hall–Kier alpha value is -1.51. The van der Waals surface area contributed by atoms with Crippen molar-refractivity contribution in [3.05, 3.63) is 30.1 Å². The topological polar surface area (TPSA) is 82.6 Å². The molecule has 0 aromatic carbocycles. The number of rotatable bonds is 6. The average molecular weight is 326 g/mol. The maximum Gasteiger partial charge on any atom is 0.237 e. The van der Waals surface area contributed by atoms with Crippen molar-refractivity contribution in [2.75, 3.05) is 38.5 Å². The summed E-state index contributed by atoms with van der Waals surface area (Å²) in [6.07, 6.45) is 3.59. The minimum atomic E-state index is -3.32. The highest BCUT2D eigenvalue weighted by Gasteiger charge is 2.22. The van der Waals surface area contributed by atoms with Crippen molar-refractivity contribution in [3.8, 4) is 0 Å². The molecular weight excluding hydrogens is 304 g/mol. The van der Waals surface area contributed by atoms with Gasteiger partial charge >= 0.3 is 0 Å². The van der Waals surface area contributed by atoms with E-state index in [1.54, 1.807) is 18.0 Å². The highest BCUT2D eigenvalue weighted by Crippen LogP contribution is 2.07. The van der Waals surface area contributed by atoms with Crippen LogP contribution in [0.3, 0.4) is 0 Å². The van der Waals surface area contributed by atoms with E-state index in [-0.39, 0.29) is 18.2 Å². The molecule has 1 aliphatic heterocycles. The van der Waals surface area contributed by atoms with Crippen LogP contribution in [0, 0.1) is 0 Å². The van der Waals surface area contributed by atoms with Gasteiger partial charge in [-0.3, -0.25) is 14.7 Å². The minimum Gasteiger partial charge on any atom is -0.339 e. The first kappa shape index (κ1) is 16.9. The summed E-state index contributed by atoms with van der Waals surface area (Å²) in [5.74, 6) is -0.183. The van der Waals surface area contributed by atoms with E-state index in [1.807, 2.05) is 18.3 Å². The minimum absolute atomic E-state index is 0.0147. The summed E-state index contributed by atoms with van der Waals surface area (Å²) in [6.45, 7) is 5.00. The normalized spacial score (nSPS) is 16.7. The van der Waals surface area contributed by atoms with Crippen LogP contribution in [0.1, 0.15) is 12.5 Å². The zero-order valence-corrected chi connectivity index (χ0v) is 13.6. The van der Waals surface area contributed by atoms with E-state index >= 15 is 0 Å². The summed E-state index contributed by atoms with van der Waals surface area (Å²) in [6, 6.07) is 3.94. The summed E-state index contributed by atoms with van der Waals surface area (Å²) in [5.41, 5.74) is 1.15. The summed E-state index contributed by atoms with van der Waals surface area (Å²) < 4.78 is 25.0. The molecule has 2 rings (SSSR count). The molecule has 7 nitrogen and oxygen atoms in total. The Morgan fingerprint density at radius 3 is 2.64 bits per heavy atom. The van der Waals surface area contributed by atoms with E-state index in [9.17, 15) is 13.2 Å². The van der Waals surface area contributed by atoms with E-state index in [2.05, 4.69) is 14.6 Å². The molecule has 1 saturated heterocycles. The SMILES string of the molecule is CCS(=O)(=O)NCC(=O)N1CCN(Cc2cccnc2)CC1. The van der Waals surface area contributed by atoms with E-state index < -0.39 is 10.0 Å². The van der Waals surface area contributed by atoms with Gasteiger partial charge in [0.25, 0.3) is 0 Å². The third kappa shape index (κ3) is 5.04. The lowest BCUT2D eigenvalue weighted by atomic mass is 10.2. The van der Waals surface area contributed by atoms with Crippen molar-refractivity contribution in [1.82, 2.24) is 19.5 Å². The molecule has 1 aromatic rings. The van der Waals surface area contributed by atoms with Crippen molar-refractivity contribution in [2.24, 2.45) is 0 Å². The van der Waals surface area contributed by atoms with E-state index in [1.165, 1.54) is 0 Å². The molecule has 8 heteroatoms. The molecule has 0 unspecified atom stereocenters. The predicted molar refractivity (Wildman–Crippen MR) is 83.6 cm³/mol. The quantitative estimate of drug-likeness (QED) is 0.774. The van der Waals surface area contributed by atoms with Gasteiger partial charge in [-0.25, -0.2) is 13.1 Å². The number of nitrogens with zero attached hydrogens (tertiary/aromatic N) is 3. The summed E-state index contributed by atoms with van der Waals surface area (Å²) >= 11 is 0. The van der Waals surface area contributed by atoms with Gasteiger partial charge in [0.05, 0.1) is 12.3 Å². The lowest BCUT2D eigenvalue weighted by Crippen LogP contribution is -2.50. The summed E-state index contributed by atoms with van der Waals surface area (Å²) in [7, 11) is -3.32. The van der Waals surface area contributed by atoms with Crippen molar-refractivity contribution in [2.45, 2.75) is 13.5 Å². The third-order valence-electron chi connectivity index (χ3n) is 3.68. The lowest BCUT2D eigenvalue weighted by molar-refractivity contribution is -0.131. The fourth-order valence-electron chi connectivity index (χ4n) is 2.29. The number of hydrogen-bond acceptors (Lipinski definition) is 5. The first-order valence-electron chi connectivity index (χ1n) is 7.36. The number of hydrogen-bond donors (Lipinski definition) is 1. The van der Waals surface area contributed by atoms with Gasteiger partial charge in [-0.15, -0.1) is 0 Å². The smallest absolute Gasteiger partial charge is 0.237 e. The number of sulfonamides is 1. The molecule has 0 aliphatic carbocycles. The number of nitrogens with one attached hydrogen (secondary N) is 1. The predicted octanol–water partition coefficient (Wildman–Crippen LogP) is -0.335. The highest BCUT2D eigenvalue weighted by molar-refractivity contribution is 7.89. The molecule has 122 valence electrons. The molecule has 22 heavy (non-hydrogen) atoms. The number of carbonyl (C=O) groups is 1. The van der Waals surface area contributed by atoms with Gasteiger partial charge in [0.15, 0.2) is 0 Å². The zero-order valence-electron chi connectivity index (χ0n) is 12.7. The van der Waals surface area contributed by atoms with E-state index in [0.717, 1.165) is 25.2 Å². The Bertz CT molecular complexity index is 583. The molecule has 0 radical (unpaired) electrons. The van der Waals surface area contributed by atoms with Crippen LogP contribution in [0.4, 0.5) is 0 Å². The van der Waals surface area contributed by atoms with Gasteiger partial charge in [0, 0.05) is 45.1 Å². The largest absolute Gasteiger partial charge is 0.339 e. The molecule has 1 aromatic heterocycles. The fourth-order valence-corrected chi connectivity index (χ4v) is 2.84. The maximum absolute atomic E-state index is 12.0.